The van der Waals surface area contributed by atoms with Crippen molar-refractivity contribution in [3.05, 3.63) is 70.8 Å². The van der Waals surface area contributed by atoms with Crippen LogP contribution in [0.15, 0.2) is 69.6 Å². The van der Waals surface area contributed by atoms with Crippen LogP contribution in [0, 0.1) is 0 Å². The molecule has 3 nitrogen and oxygen atoms in total. The first-order chi connectivity index (χ1) is 13.0. The van der Waals surface area contributed by atoms with E-state index in [0.29, 0.717) is 12.8 Å². The number of carbonyl (C=O) groups excluding carboxylic acids is 1. The molecule has 0 aliphatic carbocycles. The van der Waals surface area contributed by atoms with Gasteiger partial charge in [0, 0.05) is 17.6 Å². The number of carbonyl (C=O) groups is 1. The summed E-state index contributed by atoms with van der Waals surface area (Å²) in [4.78, 5) is 12.2. The number of furan rings is 1. The molecular formula is C24H32O3. The molecule has 0 bridgehead atoms. The van der Waals surface area contributed by atoms with Crippen LogP contribution in [-0.4, -0.2) is 5.97 Å². The Labute approximate surface area is 163 Å². The minimum absolute atomic E-state index is 0.216. The lowest BCUT2D eigenvalue weighted by atomic mass is 10.0. The van der Waals surface area contributed by atoms with Crippen molar-refractivity contribution in [2.75, 3.05) is 0 Å². The van der Waals surface area contributed by atoms with Gasteiger partial charge in [-0.15, -0.1) is 0 Å². The highest BCUT2D eigenvalue weighted by Gasteiger charge is 2.24. The van der Waals surface area contributed by atoms with Gasteiger partial charge in [-0.2, -0.15) is 0 Å². The maximum atomic E-state index is 12.2. The van der Waals surface area contributed by atoms with Crippen LogP contribution >= 0.6 is 0 Å². The summed E-state index contributed by atoms with van der Waals surface area (Å²) in [5.74, 6) is -0.216. The fraction of sp³-hybridized carbons (Fsp3) is 0.458. The number of ether oxygens (including phenoxy) is 1. The van der Waals surface area contributed by atoms with Crippen molar-refractivity contribution in [2.24, 2.45) is 0 Å². The summed E-state index contributed by atoms with van der Waals surface area (Å²) in [6.07, 6.45) is 17.5. The molecule has 1 aromatic heterocycles. The zero-order chi connectivity index (χ0) is 19.6. The van der Waals surface area contributed by atoms with Crippen LogP contribution in [0.2, 0.25) is 0 Å². The Hall–Kier alpha value is -2.29. The van der Waals surface area contributed by atoms with Gasteiger partial charge < -0.3 is 9.15 Å². The highest BCUT2D eigenvalue weighted by Crippen LogP contribution is 2.29. The van der Waals surface area contributed by atoms with Gasteiger partial charge in [-0.05, 0) is 65.9 Å². The molecule has 0 N–H and O–H groups in total. The van der Waals surface area contributed by atoms with Gasteiger partial charge in [0.2, 0.25) is 0 Å². The molecule has 0 aromatic carbocycles. The quantitative estimate of drug-likeness (QED) is 0.348. The Morgan fingerprint density at radius 3 is 2.41 bits per heavy atom. The smallest absolute Gasteiger partial charge is 0.334 e. The van der Waals surface area contributed by atoms with E-state index in [-0.39, 0.29) is 12.1 Å². The normalized spacial score (nSPS) is 18.1. The van der Waals surface area contributed by atoms with Gasteiger partial charge in [0.25, 0.3) is 0 Å². The molecule has 0 spiro atoms. The van der Waals surface area contributed by atoms with Crippen molar-refractivity contribution < 1.29 is 13.9 Å². The zero-order valence-corrected chi connectivity index (χ0v) is 17.1. The van der Waals surface area contributed by atoms with Gasteiger partial charge in [-0.25, -0.2) is 4.79 Å². The summed E-state index contributed by atoms with van der Waals surface area (Å²) in [5, 5.41) is 0. The van der Waals surface area contributed by atoms with E-state index in [0.717, 1.165) is 36.8 Å². The van der Waals surface area contributed by atoms with Crippen molar-refractivity contribution in [1.29, 1.82) is 0 Å². The monoisotopic (exact) mass is 368 g/mol. The minimum Gasteiger partial charge on any atom is -0.472 e. The number of rotatable bonds is 9. The first kappa shape index (κ1) is 21.0. The number of esters is 1. The van der Waals surface area contributed by atoms with E-state index in [1.165, 1.54) is 16.7 Å². The fourth-order valence-corrected chi connectivity index (χ4v) is 3.04. The number of allylic oxidation sites excluding steroid dienone is 6. The van der Waals surface area contributed by atoms with E-state index in [1.807, 2.05) is 12.1 Å². The van der Waals surface area contributed by atoms with Crippen LogP contribution in [0.5, 0.6) is 0 Å². The van der Waals surface area contributed by atoms with Crippen LogP contribution in [0.4, 0.5) is 0 Å². The lowest BCUT2D eigenvalue weighted by Crippen LogP contribution is -2.17. The minimum atomic E-state index is -0.218. The molecule has 146 valence electrons. The Bertz CT molecular complexity index is 726. The largest absolute Gasteiger partial charge is 0.472 e. The number of cyclic esters (lactones) is 1. The Balaban J connectivity index is 1.76. The standard InChI is InChI=1S/C24H32O3/c1-18(2)7-5-8-19(3)9-6-10-20(4)11-12-21-13-14-23(27-24(21)25)22-15-16-26-17-22/h7,9,11,13,15-17,23H,5-6,8,10,12,14H2,1-4H3/b19-9+,20-11+. The molecule has 0 fully saturated rings. The van der Waals surface area contributed by atoms with Crippen molar-refractivity contribution in [3.8, 4) is 0 Å². The van der Waals surface area contributed by atoms with E-state index < -0.39 is 0 Å². The second-order valence-electron chi connectivity index (χ2n) is 7.58. The van der Waals surface area contributed by atoms with Crippen molar-refractivity contribution in [3.63, 3.8) is 0 Å². The van der Waals surface area contributed by atoms with E-state index in [9.17, 15) is 4.79 Å². The van der Waals surface area contributed by atoms with E-state index in [2.05, 4.69) is 45.9 Å². The Kier molecular flexibility index (Phi) is 8.38. The molecule has 1 unspecified atom stereocenters. The topological polar surface area (TPSA) is 39.4 Å². The second kappa shape index (κ2) is 10.8. The van der Waals surface area contributed by atoms with Crippen LogP contribution in [0.3, 0.4) is 0 Å². The van der Waals surface area contributed by atoms with Gasteiger partial charge in [-0.3, -0.25) is 0 Å². The summed E-state index contributed by atoms with van der Waals surface area (Å²) in [7, 11) is 0. The predicted octanol–water partition coefficient (Wildman–Crippen LogP) is 7.00. The molecule has 0 amide bonds. The molecular weight excluding hydrogens is 336 g/mol. The highest BCUT2D eigenvalue weighted by molar-refractivity contribution is 5.89. The molecule has 1 atom stereocenters. The van der Waals surface area contributed by atoms with E-state index in [4.69, 9.17) is 9.15 Å². The summed E-state index contributed by atoms with van der Waals surface area (Å²) in [6.45, 7) is 8.62. The number of hydrogen-bond donors (Lipinski definition) is 0. The lowest BCUT2D eigenvalue weighted by molar-refractivity contribution is -0.146. The third-order valence-electron chi connectivity index (χ3n) is 4.80. The summed E-state index contributed by atoms with van der Waals surface area (Å²) in [6, 6.07) is 1.84. The van der Waals surface area contributed by atoms with Crippen molar-refractivity contribution >= 4 is 5.97 Å². The molecule has 1 aliphatic heterocycles. The molecule has 27 heavy (non-hydrogen) atoms. The van der Waals surface area contributed by atoms with Gasteiger partial charge in [0.15, 0.2) is 0 Å². The Morgan fingerprint density at radius 2 is 1.78 bits per heavy atom. The fourth-order valence-electron chi connectivity index (χ4n) is 3.04. The predicted molar refractivity (Wildman–Crippen MR) is 110 cm³/mol. The van der Waals surface area contributed by atoms with Crippen molar-refractivity contribution in [1.82, 2.24) is 0 Å². The molecule has 0 saturated carbocycles. The van der Waals surface area contributed by atoms with Crippen LogP contribution in [0.25, 0.3) is 0 Å². The van der Waals surface area contributed by atoms with Gasteiger partial charge >= 0.3 is 5.97 Å². The molecule has 0 saturated heterocycles. The maximum absolute atomic E-state index is 12.2. The van der Waals surface area contributed by atoms with Crippen LogP contribution in [0.1, 0.15) is 77.9 Å². The molecule has 3 heteroatoms. The Morgan fingerprint density at radius 1 is 1.07 bits per heavy atom. The van der Waals surface area contributed by atoms with E-state index in [1.54, 1.807) is 12.5 Å². The maximum Gasteiger partial charge on any atom is 0.334 e. The van der Waals surface area contributed by atoms with Gasteiger partial charge in [0.1, 0.15) is 6.10 Å². The van der Waals surface area contributed by atoms with Crippen LogP contribution < -0.4 is 0 Å². The SMILES string of the molecule is CC(C)=CCC/C(C)=C/CC/C(C)=C/CC1=CCC(c2ccoc2)OC1=O. The average molecular weight is 369 g/mol. The molecule has 2 rings (SSSR count). The summed E-state index contributed by atoms with van der Waals surface area (Å²) in [5.41, 5.74) is 5.81. The van der Waals surface area contributed by atoms with Gasteiger partial charge in [0.05, 0.1) is 12.5 Å². The third kappa shape index (κ3) is 7.46. The van der Waals surface area contributed by atoms with Crippen LogP contribution in [-0.2, 0) is 9.53 Å². The molecule has 2 heterocycles. The van der Waals surface area contributed by atoms with Gasteiger partial charge in [-0.1, -0.05) is 41.0 Å². The molecule has 1 aliphatic rings. The third-order valence-corrected chi connectivity index (χ3v) is 4.80. The van der Waals surface area contributed by atoms with Crippen molar-refractivity contribution in [2.45, 2.75) is 72.3 Å². The summed E-state index contributed by atoms with van der Waals surface area (Å²) < 4.78 is 10.6. The average Bonchev–Trinajstić information content (AvgIpc) is 3.15. The van der Waals surface area contributed by atoms with E-state index >= 15 is 0 Å². The summed E-state index contributed by atoms with van der Waals surface area (Å²) >= 11 is 0. The zero-order valence-electron chi connectivity index (χ0n) is 17.1. The first-order valence-electron chi connectivity index (χ1n) is 9.82. The molecule has 0 radical (unpaired) electrons. The number of hydrogen-bond acceptors (Lipinski definition) is 3. The second-order valence-corrected chi connectivity index (χ2v) is 7.58. The highest BCUT2D eigenvalue weighted by atomic mass is 16.5. The molecule has 1 aromatic rings. The lowest BCUT2D eigenvalue weighted by Gasteiger charge is -2.21. The first-order valence-corrected chi connectivity index (χ1v) is 9.82.